The first-order valence-electron chi connectivity index (χ1n) is 7.04. The summed E-state index contributed by atoms with van der Waals surface area (Å²) in [6.45, 7) is 5.83. The first kappa shape index (κ1) is 16.1. The minimum atomic E-state index is -0.902. The van der Waals surface area contributed by atoms with Crippen LogP contribution < -0.4 is 9.85 Å². The minimum absolute atomic E-state index is 0.00896. The summed E-state index contributed by atoms with van der Waals surface area (Å²) < 4.78 is 14.8. The monoisotopic (exact) mass is 319 g/mol. The molecule has 0 unspecified atom stereocenters. The molecule has 22 heavy (non-hydrogen) atoms. The van der Waals surface area contributed by atoms with E-state index in [1.54, 1.807) is 25.8 Å². The summed E-state index contributed by atoms with van der Waals surface area (Å²) in [7, 11) is 0. The Kier molecular flexibility index (Phi) is 4.57. The molecule has 2 heterocycles. The van der Waals surface area contributed by atoms with Gasteiger partial charge in [-0.1, -0.05) is 0 Å². The van der Waals surface area contributed by atoms with Crippen molar-refractivity contribution in [3.8, 4) is 0 Å². The van der Waals surface area contributed by atoms with E-state index in [-0.39, 0.29) is 13.2 Å². The maximum Gasteiger partial charge on any atom is 0.508 e. The molecule has 1 aromatic heterocycles. The van der Waals surface area contributed by atoms with Gasteiger partial charge in [-0.25, -0.2) is 14.6 Å². The highest BCUT2D eigenvalue weighted by Crippen LogP contribution is 2.17. The van der Waals surface area contributed by atoms with Crippen molar-refractivity contribution in [1.82, 2.24) is 9.98 Å². The SMILES string of the molecule is CC(C)(C)OC(=O)OCCOn1on1N1CCC[C@H]1C(=O)O. The fraction of sp³-hybridized carbons (Fsp3) is 0.833. The second-order valence-corrected chi connectivity index (χ2v) is 5.88. The molecule has 1 N–H and O–H groups in total. The van der Waals surface area contributed by atoms with Gasteiger partial charge in [0.25, 0.3) is 0 Å². The Hall–Kier alpha value is -2.26. The lowest BCUT2D eigenvalue weighted by molar-refractivity contribution is -0.138. The lowest BCUT2D eigenvalue weighted by atomic mass is 10.2. The van der Waals surface area contributed by atoms with E-state index in [1.807, 2.05) is 0 Å². The molecule has 0 bridgehead atoms. The van der Waals surface area contributed by atoms with Gasteiger partial charge in [0, 0.05) is 6.54 Å². The van der Waals surface area contributed by atoms with Crippen LogP contribution in [0.4, 0.5) is 4.79 Å². The lowest BCUT2D eigenvalue weighted by Crippen LogP contribution is -2.42. The number of hydrogen-bond donors (Lipinski definition) is 1. The standard InChI is InChI=1S/C12H21N3O7/c1-12(2,3)21-11(18)19-7-8-20-15-14(22-15)13-6-4-5-9(13)10(16)17/h9H,4-8H2,1-3H3,(H,16,17)/t9-,14?,15?/m0/s1. The van der Waals surface area contributed by atoms with E-state index in [0.29, 0.717) is 13.0 Å². The highest BCUT2D eigenvalue weighted by molar-refractivity contribution is 5.75. The van der Waals surface area contributed by atoms with Gasteiger partial charge >= 0.3 is 12.1 Å². The molecular weight excluding hydrogens is 298 g/mol. The van der Waals surface area contributed by atoms with Gasteiger partial charge in [-0.3, -0.25) is 0 Å². The zero-order valence-corrected chi connectivity index (χ0v) is 12.9. The molecule has 1 aliphatic rings. The molecule has 1 aliphatic heterocycles. The number of carbonyl (C=O) groups excluding carboxylic acids is 1. The Morgan fingerprint density at radius 3 is 2.68 bits per heavy atom. The molecule has 0 aromatic carbocycles. The summed E-state index contributed by atoms with van der Waals surface area (Å²) in [5, 5.41) is 11.7. The van der Waals surface area contributed by atoms with Gasteiger partial charge < -0.3 is 19.4 Å². The third-order valence-electron chi connectivity index (χ3n) is 2.88. The van der Waals surface area contributed by atoms with Gasteiger partial charge in [-0.2, -0.15) is 4.63 Å². The van der Waals surface area contributed by atoms with Crippen molar-refractivity contribution in [2.75, 3.05) is 24.8 Å². The van der Waals surface area contributed by atoms with E-state index in [0.717, 1.165) is 11.4 Å². The van der Waals surface area contributed by atoms with Crippen LogP contribution in [-0.4, -0.2) is 58.6 Å². The Morgan fingerprint density at radius 2 is 2.05 bits per heavy atom. The molecule has 1 saturated heterocycles. The van der Waals surface area contributed by atoms with Crippen molar-refractivity contribution in [2.45, 2.75) is 45.3 Å². The average molecular weight is 319 g/mol. The first-order chi connectivity index (χ1) is 10.3. The summed E-state index contributed by atoms with van der Waals surface area (Å²) in [6, 6.07) is -0.619. The molecule has 126 valence electrons. The zero-order valence-electron chi connectivity index (χ0n) is 12.9. The zero-order chi connectivity index (χ0) is 16.3. The van der Waals surface area contributed by atoms with Crippen molar-refractivity contribution >= 4 is 12.1 Å². The van der Waals surface area contributed by atoms with Crippen molar-refractivity contribution in [1.29, 1.82) is 0 Å². The average Bonchev–Trinajstić information content (AvgIpc) is 2.96. The Bertz CT molecular complexity index is 510. The summed E-state index contributed by atoms with van der Waals surface area (Å²) in [5.41, 5.74) is -0.612. The highest BCUT2D eigenvalue weighted by Gasteiger charge is 2.36. The molecule has 10 nitrogen and oxygen atoms in total. The van der Waals surface area contributed by atoms with E-state index in [1.165, 1.54) is 4.96 Å². The van der Waals surface area contributed by atoms with Crippen molar-refractivity contribution in [3.05, 3.63) is 0 Å². The van der Waals surface area contributed by atoms with E-state index in [4.69, 9.17) is 24.0 Å². The van der Waals surface area contributed by atoms with Crippen LogP contribution in [0.2, 0.25) is 0 Å². The first-order valence-corrected chi connectivity index (χ1v) is 7.04. The second-order valence-electron chi connectivity index (χ2n) is 5.88. The van der Waals surface area contributed by atoms with Gasteiger partial charge in [0.05, 0.1) is 4.96 Å². The fourth-order valence-corrected chi connectivity index (χ4v) is 1.99. The fourth-order valence-electron chi connectivity index (χ4n) is 1.99. The lowest BCUT2D eigenvalue weighted by Gasteiger charge is -2.18. The van der Waals surface area contributed by atoms with Crippen LogP contribution in [0.5, 0.6) is 0 Å². The third-order valence-corrected chi connectivity index (χ3v) is 2.88. The number of aromatic nitrogens is 2. The van der Waals surface area contributed by atoms with Crippen LogP contribution in [0.3, 0.4) is 0 Å². The van der Waals surface area contributed by atoms with Crippen LogP contribution in [-0.2, 0) is 14.3 Å². The smallest absolute Gasteiger partial charge is 0.480 e. The number of aliphatic carboxylic acids is 1. The van der Waals surface area contributed by atoms with Crippen LogP contribution in [0, 0.1) is 0 Å². The molecule has 0 saturated carbocycles. The summed E-state index contributed by atoms with van der Waals surface area (Å²) in [6.07, 6.45) is 0.558. The van der Waals surface area contributed by atoms with Gasteiger partial charge in [0.1, 0.15) is 23.3 Å². The molecule has 1 aromatic rings. The van der Waals surface area contributed by atoms with Crippen LogP contribution in [0.15, 0.2) is 4.63 Å². The number of hydrogen-bond acceptors (Lipinski definition) is 7. The maximum absolute atomic E-state index is 11.3. The molecule has 0 amide bonds. The van der Waals surface area contributed by atoms with Gasteiger partial charge in [-0.15, -0.1) is 0 Å². The molecular formula is C12H21N3O7. The summed E-state index contributed by atoms with van der Waals surface area (Å²) in [5.74, 6) is -0.902. The van der Waals surface area contributed by atoms with Crippen molar-refractivity contribution < 1.29 is 33.6 Å². The largest absolute Gasteiger partial charge is 0.508 e. The van der Waals surface area contributed by atoms with Gasteiger partial charge in [0.2, 0.25) is 0 Å². The van der Waals surface area contributed by atoms with E-state index in [9.17, 15) is 9.59 Å². The Morgan fingerprint density at radius 1 is 1.32 bits per heavy atom. The van der Waals surface area contributed by atoms with Crippen molar-refractivity contribution in [3.63, 3.8) is 0 Å². The number of carboxylic acid groups (broad SMARTS) is 1. The quantitative estimate of drug-likeness (QED) is 0.594. The maximum atomic E-state index is 11.3. The number of carbonyl (C=O) groups is 2. The summed E-state index contributed by atoms with van der Waals surface area (Å²) >= 11 is 0. The van der Waals surface area contributed by atoms with Gasteiger partial charge in [-0.05, 0) is 33.6 Å². The normalized spacial score (nSPS) is 18.5. The number of ether oxygens (including phenoxy) is 2. The van der Waals surface area contributed by atoms with E-state index >= 15 is 0 Å². The van der Waals surface area contributed by atoms with Crippen LogP contribution in [0.1, 0.15) is 33.6 Å². The predicted molar refractivity (Wildman–Crippen MR) is 72.1 cm³/mol. The summed E-state index contributed by atoms with van der Waals surface area (Å²) in [4.78, 5) is 28.7. The minimum Gasteiger partial charge on any atom is -0.480 e. The second kappa shape index (κ2) is 6.24. The Labute approximate surface area is 126 Å². The molecule has 10 heteroatoms. The Balaban J connectivity index is 1.66. The van der Waals surface area contributed by atoms with E-state index < -0.39 is 23.8 Å². The molecule has 0 aliphatic carbocycles. The van der Waals surface area contributed by atoms with E-state index in [2.05, 4.69) is 0 Å². The molecule has 2 rings (SSSR count). The number of nitrogens with zero attached hydrogens (tertiary/aromatic N) is 3. The predicted octanol–water partition coefficient (Wildman–Crippen LogP) is 0.448. The van der Waals surface area contributed by atoms with Crippen molar-refractivity contribution in [2.24, 2.45) is 0 Å². The van der Waals surface area contributed by atoms with Gasteiger partial charge in [0.15, 0.2) is 6.61 Å². The topological polar surface area (TPSA) is 108 Å². The molecule has 0 spiro atoms. The third kappa shape index (κ3) is 4.37. The van der Waals surface area contributed by atoms with Crippen LogP contribution >= 0.6 is 0 Å². The molecule has 0 radical (unpaired) electrons. The highest BCUT2D eigenvalue weighted by atomic mass is 17.0. The molecule has 1 atom stereocenters. The number of carboxylic acids is 1. The number of rotatable bonds is 6. The molecule has 1 fully saturated rings. The van der Waals surface area contributed by atoms with Crippen LogP contribution in [0.25, 0.3) is 0 Å².